The van der Waals surface area contributed by atoms with Gasteiger partial charge in [-0.15, -0.1) is 0 Å². The molecule has 0 aromatic rings. The molecule has 16 heavy (non-hydrogen) atoms. The van der Waals surface area contributed by atoms with Gasteiger partial charge in [-0.05, 0) is 13.8 Å². The number of esters is 1. The van der Waals surface area contributed by atoms with Crippen LogP contribution in [0.4, 0.5) is 0 Å². The van der Waals surface area contributed by atoms with E-state index in [1.807, 2.05) is 0 Å². The summed E-state index contributed by atoms with van der Waals surface area (Å²) < 4.78 is 4.64. The van der Waals surface area contributed by atoms with Gasteiger partial charge in [0.25, 0.3) is 0 Å². The standard InChI is InChI=1S/C10H17NO5/c1-5-16-9(13)8(11(14)15)10(3,4)6-7(2)12/h8H,5-6H2,1-4H3/t8-/m1/s1. The highest BCUT2D eigenvalue weighted by molar-refractivity contribution is 5.80. The van der Waals surface area contributed by atoms with Crippen LogP contribution in [0.3, 0.4) is 0 Å². The summed E-state index contributed by atoms with van der Waals surface area (Å²) in [6, 6.07) is -1.50. The molecule has 0 aromatic carbocycles. The fraction of sp³-hybridized carbons (Fsp3) is 0.800. The van der Waals surface area contributed by atoms with Crippen LogP contribution in [0.15, 0.2) is 0 Å². The predicted octanol–water partition coefficient (Wildman–Crippen LogP) is 1.20. The van der Waals surface area contributed by atoms with Crippen molar-refractivity contribution in [3.8, 4) is 0 Å². The molecule has 0 aliphatic carbocycles. The Morgan fingerprint density at radius 1 is 1.44 bits per heavy atom. The summed E-state index contributed by atoms with van der Waals surface area (Å²) in [6.07, 6.45) is -0.0303. The first-order valence-electron chi connectivity index (χ1n) is 5.02. The number of hydrogen-bond acceptors (Lipinski definition) is 5. The zero-order valence-electron chi connectivity index (χ0n) is 9.98. The summed E-state index contributed by atoms with van der Waals surface area (Å²) in [5.74, 6) is -1.08. The molecule has 0 unspecified atom stereocenters. The molecule has 0 saturated heterocycles. The fourth-order valence-electron chi connectivity index (χ4n) is 1.65. The Balaban J connectivity index is 4.96. The van der Waals surface area contributed by atoms with E-state index in [0.717, 1.165) is 0 Å². The number of Topliss-reactive ketones (excluding diaryl/α,β-unsaturated/α-hetero) is 1. The van der Waals surface area contributed by atoms with Gasteiger partial charge in [0.1, 0.15) is 5.78 Å². The third-order valence-corrected chi connectivity index (χ3v) is 2.17. The second-order valence-corrected chi connectivity index (χ2v) is 4.31. The zero-order valence-corrected chi connectivity index (χ0v) is 9.98. The van der Waals surface area contributed by atoms with Gasteiger partial charge in [-0.2, -0.15) is 0 Å². The minimum Gasteiger partial charge on any atom is -0.461 e. The van der Waals surface area contributed by atoms with Crippen LogP contribution in [-0.4, -0.2) is 29.3 Å². The Morgan fingerprint density at radius 3 is 2.25 bits per heavy atom. The average Bonchev–Trinajstić information content (AvgIpc) is 1.99. The number of nitrogens with zero attached hydrogens (tertiary/aromatic N) is 1. The maximum atomic E-state index is 11.4. The first-order chi connectivity index (χ1) is 7.22. The van der Waals surface area contributed by atoms with E-state index in [1.165, 1.54) is 20.8 Å². The molecule has 0 saturated carbocycles. The number of hydrogen-bond donors (Lipinski definition) is 0. The maximum Gasteiger partial charge on any atom is 0.382 e. The molecule has 0 N–H and O–H groups in total. The second-order valence-electron chi connectivity index (χ2n) is 4.31. The molecular formula is C10H17NO5. The number of carbonyl (C=O) groups is 2. The smallest absolute Gasteiger partial charge is 0.382 e. The first kappa shape index (κ1) is 14.5. The van der Waals surface area contributed by atoms with Crippen LogP contribution in [0.1, 0.15) is 34.1 Å². The summed E-state index contributed by atoms with van der Waals surface area (Å²) in [7, 11) is 0. The first-order valence-corrected chi connectivity index (χ1v) is 5.02. The molecule has 0 aromatic heterocycles. The van der Waals surface area contributed by atoms with Crippen molar-refractivity contribution < 1.29 is 19.2 Å². The van der Waals surface area contributed by atoms with Crippen molar-refractivity contribution in [1.82, 2.24) is 0 Å². The van der Waals surface area contributed by atoms with E-state index in [1.54, 1.807) is 6.92 Å². The molecule has 0 rings (SSSR count). The van der Waals surface area contributed by atoms with Crippen LogP contribution in [0, 0.1) is 15.5 Å². The fourth-order valence-corrected chi connectivity index (χ4v) is 1.65. The van der Waals surface area contributed by atoms with Crippen LogP contribution in [0.2, 0.25) is 0 Å². The lowest BCUT2D eigenvalue weighted by atomic mass is 9.80. The minimum absolute atomic E-state index is 0.0303. The highest BCUT2D eigenvalue weighted by Crippen LogP contribution is 2.28. The van der Waals surface area contributed by atoms with Crippen molar-refractivity contribution in [2.24, 2.45) is 5.41 Å². The molecule has 0 fully saturated rings. The molecule has 6 heteroatoms. The van der Waals surface area contributed by atoms with Gasteiger partial charge in [-0.1, -0.05) is 13.8 Å². The zero-order chi connectivity index (χ0) is 12.9. The third-order valence-electron chi connectivity index (χ3n) is 2.17. The Bertz CT molecular complexity index is 298. The topological polar surface area (TPSA) is 86.5 Å². The third kappa shape index (κ3) is 3.96. The normalized spacial score (nSPS) is 13.0. The Hall–Kier alpha value is -1.46. The molecular weight excluding hydrogens is 214 g/mol. The van der Waals surface area contributed by atoms with Crippen LogP contribution >= 0.6 is 0 Å². The van der Waals surface area contributed by atoms with E-state index in [0.29, 0.717) is 0 Å². The number of carbonyl (C=O) groups excluding carboxylic acids is 2. The van der Waals surface area contributed by atoms with Crippen LogP contribution < -0.4 is 0 Å². The van der Waals surface area contributed by atoms with Gasteiger partial charge in [0.05, 0.1) is 12.0 Å². The van der Waals surface area contributed by atoms with Crippen LogP contribution in [0.5, 0.6) is 0 Å². The Kier molecular flexibility index (Phi) is 5.07. The molecule has 6 nitrogen and oxygen atoms in total. The second kappa shape index (κ2) is 5.58. The lowest BCUT2D eigenvalue weighted by Gasteiger charge is -2.24. The lowest BCUT2D eigenvalue weighted by molar-refractivity contribution is -0.527. The van der Waals surface area contributed by atoms with E-state index in [-0.39, 0.29) is 18.8 Å². The van der Waals surface area contributed by atoms with Gasteiger partial charge in [-0.3, -0.25) is 10.1 Å². The van der Waals surface area contributed by atoms with Crippen molar-refractivity contribution in [3.63, 3.8) is 0 Å². The van der Waals surface area contributed by atoms with E-state index in [9.17, 15) is 19.7 Å². The van der Waals surface area contributed by atoms with Crippen molar-refractivity contribution in [2.45, 2.75) is 40.2 Å². The SMILES string of the molecule is CCOC(=O)[C@@H]([N+](=O)[O-])C(C)(C)CC(C)=O. The largest absolute Gasteiger partial charge is 0.461 e. The van der Waals surface area contributed by atoms with Gasteiger partial charge >= 0.3 is 12.0 Å². The average molecular weight is 231 g/mol. The highest BCUT2D eigenvalue weighted by atomic mass is 16.6. The molecule has 92 valence electrons. The van der Waals surface area contributed by atoms with Gasteiger partial charge in [0, 0.05) is 11.3 Å². The molecule has 0 amide bonds. The summed E-state index contributed by atoms with van der Waals surface area (Å²) >= 11 is 0. The molecule has 0 heterocycles. The quantitative estimate of drug-likeness (QED) is 0.389. The molecule has 1 atom stereocenters. The van der Waals surface area contributed by atoms with E-state index >= 15 is 0 Å². The number of ether oxygens (including phenoxy) is 1. The van der Waals surface area contributed by atoms with Gasteiger partial charge < -0.3 is 9.53 Å². The Labute approximate surface area is 94.1 Å². The monoisotopic (exact) mass is 231 g/mol. The lowest BCUT2D eigenvalue weighted by Crippen LogP contribution is -2.44. The molecule has 0 aliphatic heterocycles. The molecule has 0 bridgehead atoms. The summed E-state index contributed by atoms with van der Waals surface area (Å²) in [5.41, 5.74) is -1.04. The van der Waals surface area contributed by atoms with Crippen molar-refractivity contribution in [2.75, 3.05) is 6.61 Å². The molecule has 0 aliphatic rings. The van der Waals surface area contributed by atoms with Crippen molar-refractivity contribution in [1.29, 1.82) is 0 Å². The van der Waals surface area contributed by atoms with Crippen molar-refractivity contribution >= 4 is 11.8 Å². The van der Waals surface area contributed by atoms with E-state index < -0.39 is 22.3 Å². The number of rotatable bonds is 6. The Morgan fingerprint density at radius 2 is 1.94 bits per heavy atom. The highest BCUT2D eigenvalue weighted by Gasteiger charge is 2.46. The van der Waals surface area contributed by atoms with E-state index in [2.05, 4.69) is 4.74 Å². The molecule has 0 spiro atoms. The van der Waals surface area contributed by atoms with Gasteiger partial charge in [-0.25, -0.2) is 4.79 Å². The summed E-state index contributed by atoms with van der Waals surface area (Å²) in [6.45, 7) is 6.02. The summed E-state index contributed by atoms with van der Waals surface area (Å²) in [5, 5.41) is 10.8. The van der Waals surface area contributed by atoms with Crippen LogP contribution in [0.25, 0.3) is 0 Å². The molecule has 0 radical (unpaired) electrons. The summed E-state index contributed by atoms with van der Waals surface area (Å²) in [4.78, 5) is 32.6. The predicted molar refractivity (Wildman–Crippen MR) is 56.5 cm³/mol. The van der Waals surface area contributed by atoms with Gasteiger partial charge in [0.2, 0.25) is 0 Å². The number of nitro groups is 1. The van der Waals surface area contributed by atoms with Crippen molar-refractivity contribution in [3.05, 3.63) is 10.1 Å². The van der Waals surface area contributed by atoms with Crippen LogP contribution in [-0.2, 0) is 14.3 Å². The number of ketones is 1. The van der Waals surface area contributed by atoms with Gasteiger partial charge in [0.15, 0.2) is 0 Å². The minimum atomic E-state index is -1.50. The van der Waals surface area contributed by atoms with E-state index in [4.69, 9.17) is 0 Å². The maximum absolute atomic E-state index is 11.4.